The van der Waals surface area contributed by atoms with E-state index in [1.807, 2.05) is 0 Å². The number of hydrogen-bond acceptors (Lipinski definition) is 4. The molecule has 130 valence electrons. The van der Waals surface area contributed by atoms with Crippen LogP contribution in [0.15, 0.2) is 6.07 Å². The highest BCUT2D eigenvalue weighted by Crippen LogP contribution is 2.39. The van der Waals surface area contributed by atoms with Crippen LogP contribution in [0.5, 0.6) is 0 Å². The minimum absolute atomic E-state index is 0.0770. The molecule has 0 spiro atoms. The van der Waals surface area contributed by atoms with Crippen molar-refractivity contribution < 1.29 is 18.0 Å². The number of aromatic amines is 1. The van der Waals surface area contributed by atoms with E-state index in [1.54, 1.807) is 11.8 Å². The van der Waals surface area contributed by atoms with Crippen LogP contribution in [-0.2, 0) is 11.0 Å². The second-order valence-corrected chi connectivity index (χ2v) is 5.88. The van der Waals surface area contributed by atoms with Crippen LogP contribution >= 0.6 is 0 Å². The average Bonchev–Trinajstić information content (AvgIpc) is 2.93. The standard InChI is InChI=1S/C15H18F3N5O/c1-2-11(24)23-6-4-3-5-10(23)9-7-8(15(16,17)18)12-13(19)21-22-14(12)20-9/h7,10H,2-6H2,1H3,(H3,19,20,21,22). The number of fused-ring (bicyclic) bond motifs is 1. The minimum atomic E-state index is -4.58. The van der Waals surface area contributed by atoms with Crippen molar-refractivity contribution in [2.45, 2.75) is 44.8 Å². The molecule has 9 heteroatoms. The van der Waals surface area contributed by atoms with Gasteiger partial charge in [0.2, 0.25) is 5.91 Å². The summed E-state index contributed by atoms with van der Waals surface area (Å²) in [5.74, 6) is -0.252. The van der Waals surface area contributed by atoms with Crippen LogP contribution in [0, 0.1) is 0 Å². The SMILES string of the molecule is CCC(=O)N1CCCCC1c1cc(C(F)(F)F)c2c(N)[nH]nc2n1. The van der Waals surface area contributed by atoms with Crippen LogP contribution in [-0.4, -0.2) is 32.5 Å². The first-order valence-electron chi connectivity index (χ1n) is 7.84. The number of amides is 1. The van der Waals surface area contributed by atoms with Gasteiger partial charge in [-0.3, -0.25) is 9.89 Å². The molecule has 2 aromatic rings. The van der Waals surface area contributed by atoms with Gasteiger partial charge in [-0.1, -0.05) is 6.92 Å². The number of hydrogen-bond donors (Lipinski definition) is 2. The number of carbonyl (C=O) groups is 1. The van der Waals surface area contributed by atoms with Gasteiger partial charge in [0.15, 0.2) is 5.65 Å². The summed E-state index contributed by atoms with van der Waals surface area (Å²) < 4.78 is 40.3. The Bertz CT molecular complexity index is 770. The fourth-order valence-electron chi connectivity index (χ4n) is 3.20. The van der Waals surface area contributed by atoms with Gasteiger partial charge in [-0.05, 0) is 25.3 Å². The Kier molecular flexibility index (Phi) is 4.10. The number of likely N-dealkylation sites (tertiary alicyclic amines) is 1. The van der Waals surface area contributed by atoms with Crippen molar-refractivity contribution in [1.82, 2.24) is 20.1 Å². The molecule has 2 aromatic heterocycles. The summed E-state index contributed by atoms with van der Waals surface area (Å²) in [7, 11) is 0. The van der Waals surface area contributed by atoms with Crippen molar-refractivity contribution in [2.75, 3.05) is 12.3 Å². The molecule has 0 radical (unpaired) electrons. The van der Waals surface area contributed by atoms with Gasteiger partial charge in [-0.2, -0.15) is 18.3 Å². The van der Waals surface area contributed by atoms with Gasteiger partial charge >= 0.3 is 6.18 Å². The average molecular weight is 341 g/mol. The van der Waals surface area contributed by atoms with Crippen molar-refractivity contribution in [3.8, 4) is 0 Å². The number of nitrogen functional groups attached to an aromatic ring is 1. The van der Waals surface area contributed by atoms with E-state index in [0.29, 0.717) is 19.4 Å². The third-order valence-corrected chi connectivity index (χ3v) is 4.34. The van der Waals surface area contributed by atoms with Gasteiger partial charge in [-0.25, -0.2) is 4.98 Å². The third kappa shape index (κ3) is 2.78. The fourth-order valence-corrected chi connectivity index (χ4v) is 3.20. The Hall–Kier alpha value is -2.32. The van der Waals surface area contributed by atoms with Gasteiger partial charge in [0, 0.05) is 13.0 Å². The summed E-state index contributed by atoms with van der Waals surface area (Å²) >= 11 is 0. The Morgan fingerprint density at radius 1 is 1.46 bits per heavy atom. The summed E-state index contributed by atoms with van der Waals surface area (Å²) in [6.07, 6.45) is -2.02. The van der Waals surface area contributed by atoms with Crippen LogP contribution in [0.2, 0.25) is 0 Å². The van der Waals surface area contributed by atoms with Crippen LogP contribution in [0.3, 0.4) is 0 Å². The number of aromatic nitrogens is 3. The zero-order valence-corrected chi connectivity index (χ0v) is 13.2. The first-order valence-corrected chi connectivity index (χ1v) is 7.84. The predicted molar refractivity (Wildman–Crippen MR) is 81.9 cm³/mol. The molecule has 24 heavy (non-hydrogen) atoms. The molecule has 6 nitrogen and oxygen atoms in total. The van der Waals surface area contributed by atoms with Crippen molar-refractivity contribution in [1.29, 1.82) is 0 Å². The molecular weight excluding hydrogens is 323 g/mol. The largest absolute Gasteiger partial charge is 0.417 e. The van der Waals surface area contributed by atoms with E-state index < -0.39 is 17.8 Å². The normalized spacial score (nSPS) is 19.0. The first kappa shape index (κ1) is 16.5. The van der Waals surface area contributed by atoms with Crippen LogP contribution in [0.4, 0.5) is 19.0 Å². The second kappa shape index (κ2) is 5.95. The maximum atomic E-state index is 13.4. The zero-order chi connectivity index (χ0) is 17.5. The Labute approximate surface area is 136 Å². The van der Waals surface area contributed by atoms with E-state index in [9.17, 15) is 18.0 Å². The number of nitrogens with zero attached hydrogens (tertiary/aromatic N) is 3. The van der Waals surface area contributed by atoms with Crippen molar-refractivity contribution in [2.24, 2.45) is 0 Å². The predicted octanol–water partition coefficient (Wildman–Crippen LogP) is 3.02. The number of halogens is 3. The lowest BCUT2D eigenvalue weighted by Crippen LogP contribution is -2.38. The lowest BCUT2D eigenvalue weighted by atomic mass is 9.96. The van der Waals surface area contributed by atoms with E-state index in [1.165, 1.54) is 0 Å². The maximum absolute atomic E-state index is 13.4. The number of nitrogens with one attached hydrogen (secondary N) is 1. The number of alkyl halides is 3. The maximum Gasteiger partial charge on any atom is 0.417 e. The van der Waals surface area contributed by atoms with Gasteiger partial charge in [0.1, 0.15) is 5.82 Å². The summed E-state index contributed by atoms with van der Waals surface area (Å²) in [6.45, 7) is 2.27. The van der Waals surface area contributed by atoms with Crippen LogP contribution in [0.1, 0.15) is 49.9 Å². The molecule has 0 aliphatic carbocycles. The molecule has 1 unspecified atom stereocenters. The molecule has 3 heterocycles. The molecule has 1 aliphatic heterocycles. The highest BCUT2D eigenvalue weighted by molar-refractivity contribution is 5.90. The molecule has 0 saturated carbocycles. The molecule has 3 N–H and O–H groups in total. The number of anilines is 1. The van der Waals surface area contributed by atoms with Crippen LogP contribution in [0.25, 0.3) is 11.0 Å². The first-order chi connectivity index (χ1) is 11.3. The van der Waals surface area contributed by atoms with Gasteiger partial charge in [-0.15, -0.1) is 0 Å². The zero-order valence-electron chi connectivity index (χ0n) is 13.2. The van der Waals surface area contributed by atoms with Crippen molar-refractivity contribution in [3.05, 3.63) is 17.3 Å². The molecule has 1 fully saturated rings. The summed E-state index contributed by atoms with van der Waals surface area (Å²) in [5.41, 5.74) is 4.84. The molecule has 1 saturated heterocycles. The van der Waals surface area contributed by atoms with Gasteiger partial charge in [0.25, 0.3) is 0 Å². The number of pyridine rings is 1. The van der Waals surface area contributed by atoms with E-state index in [-0.39, 0.29) is 28.5 Å². The second-order valence-electron chi connectivity index (χ2n) is 5.88. The highest BCUT2D eigenvalue weighted by Gasteiger charge is 2.37. The number of carbonyl (C=O) groups excluding carboxylic acids is 1. The Morgan fingerprint density at radius 2 is 2.21 bits per heavy atom. The summed E-state index contributed by atoms with van der Waals surface area (Å²) in [5, 5.41) is 5.90. The van der Waals surface area contributed by atoms with Gasteiger partial charge in [0.05, 0.1) is 22.7 Å². The molecule has 1 amide bonds. The molecule has 1 aliphatic rings. The molecule has 0 aromatic carbocycles. The quantitative estimate of drug-likeness (QED) is 0.879. The molecule has 3 rings (SSSR count). The summed E-state index contributed by atoms with van der Waals surface area (Å²) in [4.78, 5) is 18.0. The minimum Gasteiger partial charge on any atom is -0.383 e. The summed E-state index contributed by atoms with van der Waals surface area (Å²) in [6, 6.07) is 0.537. The monoisotopic (exact) mass is 341 g/mol. The fraction of sp³-hybridized carbons (Fsp3) is 0.533. The lowest BCUT2D eigenvalue weighted by Gasteiger charge is -2.35. The van der Waals surface area contributed by atoms with Crippen molar-refractivity contribution in [3.63, 3.8) is 0 Å². The highest BCUT2D eigenvalue weighted by atomic mass is 19.4. The number of H-pyrrole nitrogens is 1. The van der Waals surface area contributed by atoms with E-state index in [4.69, 9.17) is 5.73 Å². The molecule has 0 bridgehead atoms. The number of nitrogens with two attached hydrogens (primary N) is 1. The van der Waals surface area contributed by atoms with Gasteiger partial charge < -0.3 is 10.6 Å². The van der Waals surface area contributed by atoms with E-state index in [0.717, 1.165) is 18.9 Å². The van der Waals surface area contributed by atoms with E-state index in [2.05, 4.69) is 15.2 Å². The van der Waals surface area contributed by atoms with E-state index >= 15 is 0 Å². The number of piperidine rings is 1. The Balaban J connectivity index is 2.13. The topological polar surface area (TPSA) is 87.9 Å². The van der Waals surface area contributed by atoms with Crippen LogP contribution < -0.4 is 5.73 Å². The van der Waals surface area contributed by atoms with Crippen molar-refractivity contribution >= 4 is 22.8 Å². The number of rotatable bonds is 2. The molecule has 1 atom stereocenters. The third-order valence-electron chi connectivity index (χ3n) is 4.34. The lowest BCUT2D eigenvalue weighted by molar-refractivity contribution is -0.136. The smallest absolute Gasteiger partial charge is 0.383 e. The molecular formula is C15H18F3N5O. The Morgan fingerprint density at radius 3 is 2.88 bits per heavy atom.